The Morgan fingerprint density at radius 2 is 1.95 bits per heavy atom. The minimum absolute atomic E-state index is 0.161. The van der Waals surface area contributed by atoms with Crippen LogP contribution < -0.4 is 0 Å². The summed E-state index contributed by atoms with van der Waals surface area (Å²) in [5, 5.41) is 0. The minimum Gasteiger partial charge on any atom is -0.383 e. The molecule has 4 unspecified atom stereocenters. The summed E-state index contributed by atoms with van der Waals surface area (Å²) in [5.41, 5.74) is -1.05. The van der Waals surface area contributed by atoms with Gasteiger partial charge in [-0.05, 0) is 31.4 Å². The molecular formula is C13H24O6Si. The SMILES string of the molecule is COC1CC[Si]2(CCCOC2(OC)OC2CCCO2)O1. The van der Waals surface area contributed by atoms with Crippen molar-refractivity contribution in [3.05, 3.63) is 0 Å². The summed E-state index contributed by atoms with van der Waals surface area (Å²) in [6.07, 6.45) is 3.36. The van der Waals surface area contributed by atoms with Gasteiger partial charge in [-0.3, -0.25) is 4.74 Å². The van der Waals surface area contributed by atoms with E-state index in [9.17, 15) is 0 Å². The van der Waals surface area contributed by atoms with Gasteiger partial charge in [0.05, 0.1) is 6.61 Å². The van der Waals surface area contributed by atoms with Gasteiger partial charge in [-0.2, -0.15) is 0 Å². The van der Waals surface area contributed by atoms with Crippen LogP contribution in [-0.4, -0.2) is 53.9 Å². The van der Waals surface area contributed by atoms with E-state index in [0.717, 1.165) is 44.4 Å². The van der Waals surface area contributed by atoms with Crippen LogP contribution in [0.15, 0.2) is 0 Å². The largest absolute Gasteiger partial charge is 0.383 e. The van der Waals surface area contributed by atoms with Crippen LogP contribution in [0.5, 0.6) is 0 Å². The predicted octanol–water partition coefficient (Wildman–Crippen LogP) is 1.74. The fourth-order valence-corrected chi connectivity index (χ4v) is 7.85. The van der Waals surface area contributed by atoms with Crippen molar-refractivity contribution in [1.82, 2.24) is 0 Å². The van der Waals surface area contributed by atoms with Crippen molar-refractivity contribution in [2.75, 3.05) is 27.4 Å². The maximum absolute atomic E-state index is 6.24. The van der Waals surface area contributed by atoms with Crippen molar-refractivity contribution in [2.45, 2.75) is 55.9 Å². The van der Waals surface area contributed by atoms with Gasteiger partial charge in [0.25, 0.3) is 13.9 Å². The quantitative estimate of drug-likeness (QED) is 0.582. The van der Waals surface area contributed by atoms with Crippen molar-refractivity contribution in [3.8, 4) is 0 Å². The fourth-order valence-electron chi connectivity index (χ4n) is 3.39. The molecule has 0 radical (unpaired) electrons. The molecule has 0 aromatic carbocycles. The highest BCUT2D eigenvalue weighted by atomic mass is 28.4. The Morgan fingerprint density at radius 1 is 1.05 bits per heavy atom. The Hall–Kier alpha value is -0.0231. The molecule has 4 atom stereocenters. The Morgan fingerprint density at radius 3 is 2.60 bits per heavy atom. The van der Waals surface area contributed by atoms with Crippen LogP contribution in [0.4, 0.5) is 0 Å². The van der Waals surface area contributed by atoms with Crippen molar-refractivity contribution < 1.29 is 28.1 Å². The monoisotopic (exact) mass is 304 g/mol. The van der Waals surface area contributed by atoms with Crippen molar-refractivity contribution in [3.63, 3.8) is 0 Å². The Bertz CT molecular complexity index is 337. The third-order valence-corrected chi connectivity index (χ3v) is 8.98. The molecule has 3 aliphatic rings. The highest BCUT2D eigenvalue weighted by molar-refractivity contribution is 6.76. The number of methoxy groups -OCH3 is 2. The summed E-state index contributed by atoms with van der Waals surface area (Å²) in [5.74, 6) is 0. The van der Waals surface area contributed by atoms with Crippen molar-refractivity contribution >= 4 is 8.32 Å². The van der Waals surface area contributed by atoms with Crippen LogP contribution in [0.25, 0.3) is 0 Å². The van der Waals surface area contributed by atoms with Crippen LogP contribution in [0.3, 0.4) is 0 Å². The maximum Gasteiger partial charge on any atom is 0.298 e. The number of ether oxygens (including phenoxy) is 5. The molecule has 0 N–H and O–H groups in total. The fraction of sp³-hybridized carbons (Fsp3) is 1.00. The van der Waals surface area contributed by atoms with E-state index in [4.69, 9.17) is 28.1 Å². The normalized spacial score (nSPS) is 45.3. The zero-order valence-corrected chi connectivity index (χ0v) is 13.3. The van der Waals surface area contributed by atoms with E-state index in [-0.39, 0.29) is 12.6 Å². The zero-order valence-electron chi connectivity index (χ0n) is 12.3. The first-order valence-corrected chi connectivity index (χ1v) is 9.75. The molecule has 0 aliphatic carbocycles. The van der Waals surface area contributed by atoms with Gasteiger partial charge < -0.3 is 23.4 Å². The first kappa shape index (κ1) is 14.9. The molecule has 0 aromatic heterocycles. The summed E-state index contributed by atoms with van der Waals surface area (Å²) in [6.45, 7) is 1.37. The third kappa shape index (κ3) is 2.45. The van der Waals surface area contributed by atoms with Crippen LogP contribution in [0, 0.1) is 0 Å². The molecule has 3 fully saturated rings. The van der Waals surface area contributed by atoms with Crippen molar-refractivity contribution in [1.29, 1.82) is 0 Å². The number of hydrogen-bond acceptors (Lipinski definition) is 6. The minimum atomic E-state index is -2.32. The first-order chi connectivity index (χ1) is 9.74. The van der Waals surface area contributed by atoms with Crippen molar-refractivity contribution in [2.24, 2.45) is 0 Å². The molecular weight excluding hydrogens is 280 g/mol. The average Bonchev–Trinajstić information content (AvgIpc) is 3.12. The zero-order chi connectivity index (χ0) is 14.1. The second-order valence-corrected chi connectivity index (χ2v) is 9.43. The molecule has 20 heavy (non-hydrogen) atoms. The summed E-state index contributed by atoms with van der Waals surface area (Å²) >= 11 is 0. The van der Waals surface area contributed by atoms with Gasteiger partial charge >= 0.3 is 0 Å². The van der Waals surface area contributed by atoms with E-state index >= 15 is 0 Å². The van der Waals surface area contributed by atoms with Gasteiger partial charge in [0.1, 0.15) is 6.29 Å². The Labute approximate surface area is 120 Å². The van der Waals surface area contributed by atoms with Gasteiger partial charge in [-0.1, -0.05) is 0 Å². The lowest BCUT2D eigenvalue weighted by Gasteiger charge is -2.47. The van der Waals surface area contributed by atoms with E-state index in [1.807, 2.05) is 0 Å². The number of rotatable bonds is 4. The second kappa shape index (κ2) is 6.00. The molecule has 3 aliphatic heterocycles. The molecule has 6 nitrogen and oxygen atoms in total. The molecule has 7 heteroatoms. The molecule has 3 heterocycles. The Kier molecular flexibility index (Phi) is 4.47. The van der Waals surface area contributed by atoms with Gasteiger partial charge in [0, 0.05) is 27.2 Å². The molecule has 0 aromatic rings. The lowest BCUT2D eigenvalue weighted by atomic mass is 10.4. The van der Waals surface area contributed by atoms with Crippen LogP contribution in [0.1, 0.15) is 25.7 Å². The summed E-state index contributed by atoms with van der Waals surface area (Å²) < 4.78 is 35.0. The van der Waals surface area contributed by atoms with Crippen LogP contribution in [-0.2, 0) is 28.1 Å². The van der Waals surface area contributed by atoms with Gasteiger partial charge in [0.15, 0.2) is 6.29 Å². The van der Waals surface area contributed by atoms with E-state index in [0.29, 0.717) is 6.61 Å². The summed E-state index contributed by atoms with van der Waals surface area (Å²) in [6, 6.07) is 1.92. The van der Waals surface area contributed by atoms with Gasteiger partial charge in [-0.15, -0.1) is 0 Å². The van der Waals surface area contributed by atoms with E-state index in [1.54, 1.807) is 14.2 Å². The third-order valence-electron chi connectivity index (χ3n) is 4.42. The van der Waals surface area contributed by atoms with E-state index < -0.39 is 13.9 Å². The predicted molar refractivity (Wildman–Crippen MR) is 72.2 cm³/mol. The Balaban J connectivity index is 1.81. The topological polar surface area (TPSA) is 55.4 Å². The molecule has 3 saturated heterocycles. The van der Waals surface area contributed by atoms with Gasteiger partial charge in [-0.25, -0.2) is 0 Å². The highest BCUT2D eigenvalue weighted by Crippen LogP contribution is 2.46. The van der Waals surface area contributed by atoms with Crippen LogP contribution in [0.2, 0.25) is 12.1 Å². The molecule has 3 rings (SSSR count). The van der Waals surface area contributed by atoms with Crippen LogP contribution >= 0.6 is 0 Å². The first-order valence-electron chi connectivity index (χ1n) is 7.43. The standard InChI is InChI=1S/C13H24O6Si/c1-14-11-6-10-20(19-11)9-4-8-17-13(20,15-2)18-12-5-3-7-16-12/h11-12H,3-10H2,1-2H3. The molecule has 0 amide bonds. The van der Waals surface area contributed by atoms with E-state index in [1.165, 1.54) is 0 Å². The highest BCUT2D eigenvalue weighted by Gasteiger charge is 2.65. The molecule has 1 spiro atoms. The summed E-state index contributed by atoms with van der Waals surface area (Å²) in [7, 11) is 0.993. The maximum atomic E-state index is 6.24. The molecule has 0 saturated carbocycles. The smallest absolute Gasteiger partial charge is 0.298 e. The van der Waals surface area contributed by atoms with E-state index in [2.05, 4.69) is 0 Å². The number of hydrogen-bond donors (Lipinski definition) is 0. The lowest BCUT2D eigenvalue weighted by molar-refractivity contribution is -0.375. The van der Waals surface area contributed by atoms with Gasteiger partial charge in [0.2, 0.25) is 0 Å². The second-order valence-electron chi connectivity index (χ2n) is 5.59. The lowest BCUT2D eigenvalue weighted by Crippen LogP contribution is -2.66. The average molecular weight is 304 g/mol. The molecule has 116 valence electrons. The molecule has 0 bridgehead atoms. The summed E-state index contributed by atoms with van der Waals surface area (Å²) in [4.78, 5) is 0.